The number of fused-ring (bicyclic) bond motifs is 1. The molecule has 0 unspecified atom stereocenters. The van der Waals surface area contributed by atoms with Crippen LogP contribution < -0.4 is 10.6 Å². The third-order valence-corrected chi connectivity index (χ3v) is 7.68. The molecule has 1 aromatic heterocycles. The molecule has 4 heteroatoms. The number of amides is 2. The number of hydrogen-bond acceptors (Lipinski definition) is 1. The Labute approximate surface area is 218 Å². The highest BCUT2D eigenvalue weighted by atomic mass is 16.2. The number of carbonyl (C=O) groups is 1. The highest BCUT2D eigenvalue weighted by molar-refractivity contribution is 5.91. The molecular weight excluding hydrogens is 442 g/mol. The Morgan fingerprint density at radius 3 is 2.03 bits per heavy atom. The molecule has 0 bridgehead atoms. The van der Waals surface area contributed by atoms with Gasteiger partial charge in [-0.25, -0.2) is 4.79 Å². The van der Waals surface area contributed by atoms with Gasteiger partial charge in [0.25, 0.3) is 0 Å². The van der Waals surface area contributed by atoms with Crippen LogP contribution in [0.4, 0.5) is 10.5 Å². The molecule has 0 saturated heterocycles. The molecule has 0 spiro atoms. The van der Waals surface area contributed by atoms with Crippen LogP contribution in [0.3, 0.4) is 0 Å². The normalized spacial score (nSPS) is 12.0. The summed E-state index contributed by atoms with van der Waals surface area (Å²) in [5.41, 5.74) is 5.87. The topological polar surface area (TPSA) is 46.1 Å². The summed E-state index contributed by atoms with van der Waals surface area (Å²) in [6.45, 7) is 13.9. The van der Waals surface area contributed by atoms with E-state index in [0.29, 0.717) is 18.4 Å². The van der Waals surface area contributed by atoms with E-state index in [1.807, 2.05) is 0 Å². The average molecular weight is 490 g/mol. The fraction of sp³-hybridized carbons (Fsp3) is 0.531. The summed E-state index contributed by atoms with van der Waals surface area (Å²) < 4.78 is 2.24. The molecule has 0 saturated carbocycles. The van der Waals surface area contributed by atoms with Crippen molar-refractivity contribution in [2.45, 2.75) is 97.3 Å². The van der Waals surface area contributed by atoms with E-state index in [1.165, 1.54) is 27.6 Å². The van der Waals surface area contributed by atoms with E-state index in [9.17, 15) is 4.79 Å². The Balaban J connectivity index is 1.95. The van der Waals surface area contributed by atoms with Crippen molar-refractivity contribution in [1.29, 1.82) is 0 Å². The van der Waals surface area contributed by atoms with Crippen molar-refractivity contribution in [3.05, 3.63) is 65.4 Å². The molecule has 0 radical (unpaired) electrons. The first-order valence-electron chi connectivity index (χ1n) is 14.0. The van der Waals surface area contributed by atoms with Crippen LogP contribution >= 0.6 is 0 Å². The Kier molecular flexibility index (Phi) is 9.64. The number of nitrogens with one attached hydrogen (secondary N) is 2. The van der Waals surface area contributed by atoms with Crippen molar-refractivity contribution in [3.8, 4) is 0 Å². The second kappa shape index (κ2) is 12.5. The fourth-order valence-electron chi connectivity index (χ4n) is 5.56. The zero-order valence-corrected chi connectivity index (χ0v) is 23.6. The summed E-state index contributed by atoms with van der Waals surface area (Å²) >= 11 is 0. The molecule has 0 aliphatic rings. The molecule has 36 heavy (non-hydrogen) atoms. The number of anilines is 1. The molecule has 0 fully saturated rings. The highest BCUT2D eigenvalue weighted by Crippen LogP contribution is 2.40. The molecule has 196 valence electrons. The molecule has 0 aliphatic carbocycles. The first-order valence-corrected chi connectivity index (χ1v) is 14.0. The molecular formula is C32H47N3O. The van der Waals surface area contributed by atoms with Crippen LogP contribution in [-0.2, 0) is 12.5 Å². The van der Waals surface area contributed by atoms with E-state index in [1.54, 1.807) is 0 Å². The summed E-state index contributed by atoms with van der Waals surface area (Å²) in [5, 5.41) is 7.91. The number of benzene rings is 2. The van der Waals surface area contributed by atoms with Gasteiger partial charge in [0.15, 0.2) is 0 Å². The first-order chi connectivity index (χ1) is 17.2. The third-order valence-electron chi connectivity index (χ3n) is 7.68. The number of unbranched alkanes of at least 4 members (excludes halogenated alkanes) is 2. The number of nitrogens with zero attached hydrogens (tertiary/aromatic N) is 1. The second-order valence-corrected chi connectivity index (χ2v) is 11.1. The maximum Gasteiger partial charge on any atom is 0.319 e. The fourth-order valence-corrected chi connectivity index (χ4v) is 5.56. The monoisotopic (exact) mass is 489 g/mol. The van der Waals surface area contributed by atoms with Crippen LogP contribution in [0.5, 0.6) is 0 Å². The smallest absolute Gasteiger partial charge is 0.319 e. The predicted molar refractivity (Wildman–Crippen MR) is 155 cm³/mol. The minimum atomic E-state index is -0.109. The van der Waals surface area contributed by atoms with E-state index in [4.69, 9.17) is 0 Å². The van der Waals surface area contributed by atoms with Crippen molar-refractivity contribution in [1.82, 2.24) is 9.88 Å². The van der Waals surface area contributed by atoms with Crippen LogP contribution in [0, 0.1) is 0 Å². The van der Waals surface area contributed by atoms with E-state index < -0.39 is 0 Å². The lowest BCUT2D eigenvalue weighted by Crippen LogP contribution is -2.42. The lowest BCUT2D eigenvalue weighted by Gasteiger charge is -2.35. The lowest BCUT2D eigenvalue weighted by atomic mass is 9.72. The van der Waals surface area contributed by atoms with Gasteiger partial charge in [-0.3, -0.25) is 0 Å². The van der Waals surface area contributed by atoms with Gasteiger partial charge in [-0.2, -0.15) is 0 Å². The Morgan fingerprint density at radius 2 is 1.47 bits per heavy atom. The quantitative estimate of drug-likeness (QED) is 0.262. The number of aryl methyl sites for hydroxylation is 1. The molecule has 0 atom stereocenters. The molecule has 0 aliphatic heterocycles. The summed E-state index contributed by atoms with van der Waals surface area (Å²) in [4.78, 5) is 13.4. The molecule has 2 amide bonds. The lowest BCUT2D eigenvalue weighted by molar-refractivity contribution is 0.245. The standard InChI is InChI=1S/C32H47N3O/c1-8-10-19-32(20-11-9-2,28-21-35(7)29-18-13-12-15-27(28)29)22-33-31(36)34-30-25(23(3)4)16-14-17-26(30)24(5)6/h12-18,21,23-24H,8-11,19-20,22H2,1-7H3,(H2,33,34,36). The number of urea groups is 1. The van der Waals surface area contributed by atoms with E-state index in [0.717, 1.165) is 44.2 Å². The van der Waals surface area contributed by atoms with Crippen molar-refractivity contribution in [3.63, 3.8) is 0 Å². The van der Waals surface area contributed by atoms with Crippen molar-refractivity contribution in [2.75, 3.05) is 11.9 Å². The number of hydrogen-bond donors (Lipinski definition) is 2. The summed E-state index contributed by atoms with van der Waals surface area (Å²) in [6.07, 6.45) is 9.01. The second-order valence-electron chi connectivity index (χ2n) is 11.1. The van der Waals surface area contributed by atoms with Crippen LogP contribution in [0.15, 0.2) is 48.7 Å². The number of aromatic nitrogens is 1. The molecule has 2 N–H and O–H groups in total. The number of carbonyl (C=O) groups excluding carboxylic acids is 1. The van der Waals surface area contributed by atoms with E-state index in [2.05, 4.69) is 112 Å². The van der Waals surface area contributed by atoms with Gasteiger partial charge in [-0.15, -0.1) is 0 Å². The summed E-state index contributed by atoms with van der Waals surface area (Å²) in [5.74, 6) is 0.672. The van der Waals surface area contributed by atoms with Crippen LogP contribution in [0.1, 0.15) is 109 Å². The van der Waals surface area contributed by atoms with Gasteiger partial charge in [-0.1, -0.05) is 104 Å². The van der Waals surface area contributed by atoms with Crippen molar-refractivity contribution >= 4 is 22.6 Å². The SMILES string of the molecule is CCCCC(CCCC)(CNC(=O)Nc1c(C(C)C)cccc1C(C)C)c1cn(C)c2ccccc12. The van der Waals surface area contributed by atoms with Crippen LogP contribution in [0.2, 0.25) is 0 Å². The molecule has 3 aromatic rings. The van der Waals surface area contributed by atoms with Gasteiger partial charge in [0.2, 0.25) is 0 Å². The van der Waals surface area contributed by atoms with Gasteiger partial charge in [0.05, 0.1) is 0 Å². The molecule has 2 aromatic carbocycles. The molecule has 1 heterocycles. The van der Waals surface area contributed by atoms with Crippen molar-refractivity contribution < 1.29 is 4.79 Å². The minimum absolute atomic E-state index is 0.0946. The average Bonchev–Trinajstić information content (AvgIpc) is 3.20. The van der Waals surface area contributed by atoms with Gasteiger partial charge in [0.1, 0.15) is 0 Å². The van der Waals surface area contributed by atoms with Crippen LogP contribution in [-0.4, -0.2) is 17.1 Å². The third kappa shape index (κ3) is 6.14. The zero-order chi connectivity index (χ0) is 26.3. The van der Waals surface area contributed by atoms with Crippen molar-refractivity contribution in [2.24, 2.45) is 7.05 Å². The summed E-state index contributed by atoms with van der Waals surface area (Å²) in [6, 6.07) is 14.9. The minimum Gasteiger partial charge on any atom is -0.350 e. The van der Waals surface area contributed by atoms with Gasteiger partial charge in [-0.05, 0) is 47.4 Å². The van der Waals surface area contributed by atoms with Gasteiger partial charge in [0, 0.05) is 41.8 Å². The van der Waals surface area contributed by atoms with E-state index in [-0.39, 0.29) is 11.4 Å². The Hall–Kier alpha value is -2.75. The van der Waals surface area contributed by atoms with Gasteiger partial charge >= 0.3 is 6.03 Å². The summed E-state index contributed by atoms with van der Waals surface area (Å²) in [7, 11) is 2.13. The number of para-hydroxylation sites is 2. The van der Waals surface area contributed by atoms with E-state index >= 15 is 0 Å². The van der Waals surface area contributed by atoms with Gasteiger partial charge < -0.3 is 15.2 Å². The molecule has 3 rings (SSSR count). The maximum absolute atomic E-state index is 13.4. The zero-order valence-electron chi connectivity index (χ0n) is 23.6. The number of rotatable bonds is 12. The van der Waals surface area contributed by atoms with Crippen LogP contribution in [0.25, 0.3) is 10.9 Å². The Morgan fingerprint density at radius 1 is 0.889 bits per heavy atom. The molecule has 4 nitrogen and oxygen atoms in total. The maximum atomic E-state index is 13.4. The predicted octanol–water partition coefficient (Wildman–Crippen LogP) is 8.87. The highest BCUT2D eigenvalue weighted by Gasteiger charge is 2.34. The first kappa shape index (κ1) is 27.8. The Bertz CT molecular complexity index is 1110. The largest absolute Gasteiger partial charge is 0.350 e.